The Kier molecular flexibility index (Phi) is 4.26. The lowest BCUT2D eigenvalue weighted by molar-refractivity contribution is -0.149. The number of nitriles is 1. The highest BCUT2D eigenvalue weighted by Crippen LogP contribution is 2.41. The SMILES string of the molecule is N#CC1c2c(Cl)cc(Cl)cc2C(=O)N1C(CC(=O)O)C(=O)O. The number of benzene rings is 1. The number of nitrogens with zero attached hydrogens (tertiary/aromatic N) is 2. The molecular formula is C13H8Cl2N2O5. The number of aliphatic carboxylic acids is 2. The van der Waals surface area contributed by atoms with E-state index in [-0.39, 0.29) is 21.2 Å². The van der Waals surface area contributed by atoms with E-state index in [9.17, 15) is 24.8 Å². The maximum atomic E-state index is 12.4. The Labute approximate surface area is 134 Å². The highest BCUT2D eigenvalue weighted by molar-refractivity contribution is 6.36. The monoisotopic (exact) mass is 342 g/mol. The van der Waals surface area contributed by atoms with Crippen molar-refractivity contribution in [1.29, 1.82) is 5.26 Å². The predicted molar refractivity (Wildman–Crippen MR) is 74.7 cm³/mol. The van der Waals surface area contributed by atoms with E-state index in [0.29, 0.717) is 4.90 Å². The number of fused-ring (bicyclic) bond motifs is 1. The Morgan fingerprint density at radius 2 is 2.00 bits per heavy atom. The topological polar surface area (TPSA) is 119 Å². The van der Waals surface area contributed by atoms with Gasteiger partial charge in [-0.05, 0) is 12.1 Å². The molecule has 1 aromatic rings. The molecule has 1 aliphatic rings. The second kappa shape index (κ2) is 5.83. The van der Waals surface area contributed by atoms with Crippen LogP contribution in [0, 0.1) is 11.3 Å². The third kappa shape index (κ3) is 2.58. The van der Waals surface area contributed by atoms with Gasteiger partial charge in [0.1, 0.15) is 12.1 Å². The summed E-state index contributed by atoms with van der Waals surface area (Å²) in [6, 6.07) is 1.43. The van der Waals surface area contributed by atoms with Crippen LogP contribution in [-0.2, 0) is 9.59 Å². The first kappa shape index (κ1) is 16.1. The minimum Gasteiger partial charge on any atom is -0.481 e. The zero-order valence-electron chi connectivity index (χ0n) is 10.8. The number of rotatable bonds is 4. The van der Waals surface area contributed by atoms with Crippen LogP contribution in [0.25, 0.3) is 0 Å². The van der Waals surface area contributed by atoms with Crippen molar-refractivity contribution in [2.45, 2.75) is 18.5 Å². The largest absolute Gasteiger partial charge is 0.481 e. The second-order valence-electron chi connectivity index (χ2n) is 4.54. The van der Waals surface area contributed by atoms with Crippen LogP contribution in [0.1, 0.15) is 28.4 Å². The van der Waals surface area contributed by atoms with E-state index in [1.54, 1.807) is 6.07 Å². The molecule has 2 unspecified atom stereocenters. The van der Waals surface area contributed by atoms with Gasteiger partial charge in [0.15, 0.2) is 0 Å². The summed E-state index contributed by atoms with van der Waals surface area (Å²) in [6.45, 7) is 0. The van der Waals surface area contributed by atoms with E-state index >= 15 is 0 Å². The minimum atomic E-state index is -1.68. The summed E-state index contributed by atoms with van der Waals surface area (Å²) in [5.41, 5.74) is 0.135. The number of carbonyl (C=O) groups is 3. The van der Waals surface area contributed by atoms with Crippen molar-refractivity contribution in [1.82, 2.24) is 4.90 Å². The molecule has 2 rings (SSSR count). The summed E-state index contributed by atoms with van der Waals surface area (Å²) in [6.07, 6.45) is -0.835. The van der Waals surface area contributed by atoms with Gasteiger partial charge in [-0.1, -0.05) is 23.2 Å². The number of carboxylic acid groups (broad SMARTS) is 2. The number of amides is 1. The lowest BCUT2D eigenvalue weighted by Gasteiger charge is -2.26. The molecule has 1 amide bonds. The number of carboxylic acids is 2. The van der Waals surface area contributed by atoms with Crippen LogP contribution in [0.15, 0.2) is 12.1 Å². The molecule has 0 radical (unpaired) electrons. The van der Waals surface area contributed by atoms with Gasteiger partial charge < -0.3 is 15.1 Å². The van der Waals surface area contributed by atoms with Crippen molar-refractivity contribution in [3.8, 4) is 6.07 Å². The third-order valence-corrected chi connectivity index (χ3v) is 3.75. The van der Waals surface area contributed by atoms with Gasteiger partial charge in [0, 0.05) is 21.2 Å². The van der Waals surface area contributed by atoms with Gasteiger partial charge in [-0.25, -0.2) is 4.79 Å². The molecule has 9 heteroatoms. The molecule has 7 nitrogen and oxygen atoms in total. The average Bonchev–Trinajstić information content (AvgIpc) is 2.68. The molecule has 2 atom stereocenters. The van der Waals surface area contributed by atoms with Gasteiger partial charge in [0.25, 0.3) is 5.91 Å². The van der Waals surface area contributed by atoms with Gasteiger partial charge in [0.2, 0.25) is 0 Å². The first-order chi connectivity index (χ1) is 10.3. The molecule has 0 fully saturated rings. The van der Waals surface area contributed by atoms with Crippen LogP contribution in [0.4, 0.5) is 0 Å². The molecule has 0 aliphatic carbocycles. The Bertz CT molecular complexity index is 728. The molecule has 1 aliphatic heterocycles. The van der Waals surface area contributed by atoms with Gasteiger partial charge in [0.05, 0.1) is 12.5 Å². The molecule has 1 heterocycles. The quantitative estimate of drug-likeness (QED) is 0.862. The van der Waals surface area contributed by atoms with Crippen LogP contribution in [0.2, 0.25) is 10.0 Å². The lowest BCUT2D eigenvalue weighted by atomic mass is 10.0. The van der Waals surface area contributed by atoms with Crippen molar-refractivity contribution in [2.75, 3.05) is 0 Å². The molecular weight excluding hydrogens is 335 g/mol. The summed E-state index contributed by atoms with van der Waals surface area (Å²) in [5.74, 6) is -3.72. The molecule has 0 saturated carbocycles. The molecule has 22 heavy (non-hydrogen) atoms. The summed E-state index contributed by atoms with van der Waals surface area (Å²) in [4.78, 5) is 35.3. The summed E-state index contributed by atoms with van der Waals surface area (Å²) >= 11 is 11.8. The maximum absolute atomic E-state index is 12.4. The van der Waals surface area contributed by atoms with Crippen LogP contribution >= 0.6 is 23.2 Å². The summed E-state index contributed by atoms with van der Waals surface area (Å²) in [7, 11) is 0. The van der Waals surface area contributed by atoms with Crippen molar-refractivity contribution in [3.63, 3.8) is 0 Å². The zero-order chi connectivity index (χ0) is 16.6. The highest BCUT2D eigenvalue weighted by Gasteiger charge is 2.45. The van der Waals surface area contributed by atoms with E-state index in [1.807, 2.05) is 0 Å². The number of hydrogen-bond donors (Lipinski definition) is 2. The van der Waals surface area contributed by atoms with E-state index in [4.69, 9.17) is 28.3 Å². The number of halogens is 2. The van der Waals surface area contributed by atoms with Crippen molar-refractivity contribution in [2.24, 2.45) is 0 Å². The fourth-order valence-electron chi connectivity index (χ4n) is 2.35. The Balaban J connectivity index is 2.58. The van der Waals surface area contributed by atoms with E-state index in [2.05, 4.69) is 0 Å². The molecule has 0 spiro atoms. The van der Waals surface area contributed by atoms with Crippen molar-refractivity contribution < 1.29 is 24.6 Å². The highest BCUT2D eigenvalue weighted by atomic mass is 35.5. The molecule has 0 bridgehead atoms. The second-order valence-corrected chi connectivity index (χ2v) is 5.39. The number of hydrogen-bond acceptors (Lipinski definition) is 4. The standard InChI is InChI=1S/C13H8Cl2N2O5/c14-5-1-6-11(7(15)2-5)9(4-16)17(12(6)20)8(13(21)22)3-10(18)19/h1-2,8-9H,3H2,(H,18,19)(H,21,22). The van der Waals surface area contributed by atoms with Gasteiger partial charge in [-0.3, -0.25) is 9.59 Å². The minimum absolute atomic E-state index is 0.000638. The van der Waals surface area contributed by atoms with Gasteiger partial charge in [-0.2, -0.15) is 5.26 Å². The fourth-order valence-corrected chi connectivity index (χ4v) is 2.95. The molecule has 0 saturated heterocycles. The van der Waals surface area contributed by atoms with Crippen LogP contribution in [-0.4, -0.2) is 39.0 Å². The molecule has 1 aromatic carbocycles. The Hall–Kier alpha value is -2.30. The third-order valence-electron chi connectivity index (χ3n) is 3.22. The Morgan fingerprint density at radius 1 is 1.36 bits per heavy atom. The van der Waals surface area contributed by atoms with E-state index in [1.165, 1.54) is 12.1 Å². The summed E-state index contributed by atoms with van der Waals surface area (Å²) in [5, 5.41) is 27.5. The maximum Gasteiger partial charge on any atom is 0.327 e. The fraction of sp³-hybridized carbons (Fsp3) is 0.231. The first-order valence-electron chi connectivity index (χ1n) is 5.93. The van der Waals surface area contributed by atoms with Crippen molar-refractivity contribution in [3.05, 3.63) is 33.3 Å². The predicted octanol–water partition coefficient (Wildman–Crippen LogP) is 1.94. The van der Waals surface area contributed by atoms with E-state index in [0.717, 1.165) is 0 Å². The lowest BCUT2D eigenvalue weighted by Crippen LogP contribution is -2.44. The first-order valence-corrected chi connectivity index (χ1v) is 6.69. The van der Waals surface area contributed by atoms with Crippen LogP contribution in [0.5, 0.6) is 0 Å². The normalized spacial score (nSPS) is 17.8. The zero-order valence-corrected chi connectivity index (χ0v) is 12.3. The molecule has 0 aromatic heterocycles. The number of carbonyl (C=O) groups excluding carboxylic acids is 1. The average molecular weight is 343 g/mol. The smallest absolute Gasteiger partial charge is 0.327 e. The van der Waals surface area contributed by atoms with Crippen molar-refractivity contribution >= 4 is 41.0 Å². The van der Waals surface area contributed by atoms with Crippen LogP contribution < -0.4 is 0 Å². The van der Waals surface area contributed by atoms with Gasteiger partial charge in [-0.15, -0.1) is 0 Å². The Morgan fingerprint density at radius 3 is 2.50 bits per heavy atom. The van der Waals surface area contributed by atoms with Gasteiger partial charge >= 0.3 is 11.9 Å². The molecule has 114 valence electrons. The molecule has 2 N–H and O–H groups in total. The summed E-state index contributed by atoms with van der Waals surface area (Å²) < 4.78 is 0. The van der Waals surface area contributed by atoms with E-state index < -0.39 is 36.4 Å². The van der Waals surface area contributed by atoms with Crippen LogP contribution in [0.3, 0.4) is 0 Å².